The molecule has 4 heterocycles. The van der Waals surface area contributed by atoms with Gasteiger partial charge in [0, 0.05) is 22.9 Å². The van der Waals surface area contributed by atoms with Gasteiger partial charge in [0.15, 0.2) is 11.5 Å². The van der Waals surface area contributed by atoms with E-state index in [0.717, 1.165) is 17.5 Å². The Kier molecular flexibility index (Phi) is 5.08. The Labute approximate surface area is 188 Å². The molecule has 0 spiro atoms. The monoisotopic (exact) mass is 445 g/mol. The molecule has 0 aliphatic heterocycles. The van der Waals surface area contributed by atoms with Gasteiger partial charge in [-0.3, -0.25) is 4.68 Å². The predicted octanol–water partition coefficient (Wildman–Crippen LogP) is 4.82. The Morgan fingerprint density at radius 1 is 1.00 bits per heavy atom. The Bertz CT molecular complexity index is 1450. The van der Waals surface area contributed by atoms with Gasteiger partial charge in [0.05, 0.1) is 29.8 Å². The maximum absolute atomic E-state index is 15.0. The van der Waals surface area contributed by atoms with E-state index in [2.05, 4.69) is 15.2 Å². The van der Waals surface area contributed by atoms with E-state index in [9.17, 15) is 8.78 Å². The van der Waals surface area contributed by atoms with Gasteiger partial charge >= 0.3 is 0 Å². The van der Waals surface area contributed by atoms with Crippen LogP contribution in [0.15, 0.2) is 61.1 Å². The lowest BCUT2D eigenvalue weighted by atomic mass is 10.0. The van der Waals surface area contributed by atoms with Crippen molar-refractivity contribution in [3.63, 3.8) is 0 Å². The Hall–Kier alpha value is -4.14. The molecule has 0 radical (unpaired) electrons. The maximum atomic E-state index is 15.0. The fourth-order valence-corrected chi connectivity index (χ4v) is 4.10. The summed E-state index contributed by atoms with van der Waals surface area (Å²) in [6, 6.07) is 11.8. The molecule has 33 heavy (non-hydrogen) atoms. The van der Waals surface area contributed by atoms with Crippen molar-refractivity contribution in [2.24, 2.45) is 0 Å². The third-order valence-corrected chi connectivity index (χ3v) is 5.70. The molecule has 2 N–H and O–H groups in total. The number of fused-ring (bicyclic) bond motifs is 1. The molecule has 7 nitrogen and oxygen atoms in total. The second-order valence-corrected chi connectivity index (χ2v) is 7.81. The lowest BCUT2D eigenvalue weighted by Gasteiger charge is -2.16. The van der Waals surface area contributed by atoms with Crippen molar-refractivity contribution in [2.75, 3.05) is 5.73 Å². The highest BCUT2D eigenvalue weighted by atomic mass is 19.1. The van der Waals surface area contributed by atoms with E-state index >= 15 is 0 Å². The SMILES string of the molecule is CCC(c1ccc(F)cc1)n1cc(-c2cccc(-c3c(F)cn4nc(N)nc4c3C)n2)cn1. The van der Waals surface area contributed by atoms with E-state index in [1.54, 1.807) is 31.3 Å². The minimum atomic E-state index is -0.465. The predicted molar refractivity (Wildman–Crippen MR) is 121 cm³/mol. The first-order chi connectivity index (χ1) is 15.9. The topological polar surface area (TPSA) is 86.9 Å². The fourth-order valence-electron chi connectivity index (χ4n) is 4.10. The van der Waals surface area contributed by atoms with Crippen molar-refractivity contribution >= 4 is 11.6 Å². The van der Waals surface area contributed by atoms with E-state index in [-0.39, 0.29) is 17.8 Å². The number of hydrogen-bond donors (Lipinski definition) is 1. The first kappa shape index (κ1) is 20.7. The molecule has 166 valence electrons. The Balaban J connectivity index is 1.53. The smallest absolute Gasteiger partial charge is 0.240 e. The third-order valence-electron chi connectivity index (χ3n) is 5.70. The van der Waals surface area contributed by atoms with Gasteiger partial charge in [-0.25, -0.2) is 18.3 Å². The van der Waals surface area contributed by atoms with Crippen molar-refractivity contribution in [3.05, 3.63) is 83.8 Å². The summed E-state index contributed by atoms with van der Waals surface area (Å²) in [4.78, 5) is 8.89. The summed E-state index contributed by atoms with van der Waals surface area (Å²) in [5.74, 6) is -0.659. The van der Waals surface area contributed by atoms with Crippen LogP contribution in [-0.2, 0) is 0 Å². The molecule has 1 aromatic carbocycles. The van der Waals surface area contributed by atoms with E-state index in [1.165, 1.54) is 22.8 Å². The van der Waals surface area contributed by atoms with Crippen LogP contribution >= 0.6 is 0 Å². The number of nitrogens with zero attached hydrogens (tertiary/aromatic N) is 6. The number of pyridine rings is 2. The van der Waals surface area contributed by atoms with Crippen LogP contribution in [0.1, 0.15) is 30.5 Å². The van der Waals surface area contributed by atoms with Gasteiger partial charge in [0.2, 0.25) is 5.95 Å². The lowest BCUT2D eigenvalue weighted by molar-refractivity contribution is 0.508. The zero-order valence-electron chi connectivity index (χ0n) is 18.1. The molecule has 0 aliphatic rings. The first-order valence-electron chi connectivity index (χ1n) is 10.5. The molecule has 1 atom stereocenters. The second-order valence-electron chi connectivity index (χ2n) is 7.81. The van der Waals surface area contributed by atoms with Gasteiger partial charge in [-0.05, 0) is 43.2 Å². The van der Waals surface area contributed by atoms with E-state index in [0.29, 0.717) is 28.2 Å². The average Bonchev–Trinajstić information content (AvgIpc) is 3.43. The molecule has 4 aromatic heterocycles. The molecule has 1 unspecified atom stereocenters. The van der Waals surface area contributed by atoms with Gasteiger partial charge in [0.1, 0.15) is 5.82 Å². The lowest BCUT2D eigenvalue weighted by Crippen LogP contribution is -2.10. The minimum Gasteiger partial charge on any atom is -0.366 e. The largest absolute Gasteiger partial charge is 0.366 e. The average molecular weight is 445 g/mol. The number of aromatic nitrogens is 6. The number of aryl methyl sites for hydroxylation is 1. The zero-order valence-corrected chi connectivity index (χ0v) is 18.1. The van der Waals surface area contributed by atoms with Crippen LogP contribution in [-0.4, -0.2) is 29.4 Å². The number of benzene rings is 1. The summed E-state index contributed by atoms with van der Waals surface area (Å²) < 4.78 is 31.5. The standard InChI is InChI=1S/C24H21F2N7/c1-3-21(15-7-9-17(25)10-8-15)32-12-16(11-28-32)19-5-4-6-20(29-19)22-14(2)23-30-24(27)31-33(23)13-18(22)26/h4-13,21H,3H2,1-2H3,(H2,27,31). The zero-order chi connectivity index (χ0) is 23.1. The number of nitrogen functional groups attached to an aromatic ring is 1. The number of anilines is 1. The molecule has 0 aliphatic carbocycles. The van der Waals surface area contributed by atoms with Crippen LogP contribution in [0, 0.1) is 18.6 Å². The molecule has 5 aromatic rings. The molecular weight excluding hydrogens is 424 g/mol. The van der Waals surface area contributed by atoms with Crippen molar-refractivity contribution in [3.8, 4) is 22.5 Å². The summed E-state index contributed by atoms with van der Waals surface area (Å²) in [6.07, 6.45) is 5.66. The van der Waals surface area contributed by atoms with Gasteiger partial charge in [-0.15, -0.1) is 5.10 Å². The van der Waals surface area contributed by atoms with Gasteiger partial charge in [-0.1, -0.05) is 25.1 Å². The highest BCUT2D eigenvalue weighted by Gasteiger charge is 2.18. The highest BCUT2D eigenvalue weighted by molar-refractivity contribution is 5.73. The summed E-state index contributed by atoms with van der Waals surface area (Å²) in [7, 11) is 0. The summed E-state index contributed by atoms with van der Waals surface area (Å²) in [5, 5.41) is 8.50. The molecule has 5 rings (SSSR count). The quantitative estimate of drug-likeness (QED) is 0.419. The summed E-state index contributed by atoms with van der Waals surface area (Å²) in [6.45, 7) is 3.82. The van der Waals surface area contributed by atoms with Crippen LogP contribution in [0.25, 0.3) is 28.2 Å². The number of halogens is 2. The molecule has 0 saturated heterocycles. The summed E-state index contributed by atoms with van der Waals surface area (Å²) in [5.41, 5.74) is 10.0. The van der Waals surface area contributed by atoms with Crippen molar-refractivity contribution in [1.29, 1.82) is 0 Å². The molecule has 9 heteroatoms. The third kappa shape index (κ3) is 3.71. The molecule has 0 amide bonds. The molecular formula is C24H21F2N7. The van der Waals surface area contributed by atoms with Gasteiger partial charge in [-0.2, -0.15) is 10.1 Å². The molecule has 0 saturated carbocycles. The van der Waals surface area contributed by atoms with E-state index in [4.69, 9.17) is 10.7 Å². The van der Waals surface area contributed by atoms with Gasteiger partial charge < -0.3 is 5.73 Å². The number of hydrogen-bond acceptors (Lipinski definition) is 5. The van der Waals surface area contributed by atoms with Crippen LogP contribution in [0.3, 0.4) is 0 Å². The first-order valence-corrected chi connectivity index (χ1v) is 10.5. The normalized spacial score (nSPS) is 12.4. The number of rotatable bonds is 5. The highest BCUT2D eigenvalue weighted by Crippen LogP contribution is 2.30. The van der Waals surface area contributed by atoms with Crippen LogP contribution < -0.4 is 5.73 Å². The summed E-state index contributed by atoms with van der Waals surface area (Å²) >= 11 is 0. The van der Waals surface area contributed by atoms with E-state index in [1.807, 2.05) is 29.9 Å². The Morgan fingerprint density at radius 2 is 1.76 bits per heavy atom. The van der Waals surface area contributed by atoms with Crippen LogP contribution in [0.2, 0.25) is 0 Å². The van der Waals surface area contributed by atoms with Crippen molar-refractivity contribution in [1.82, 2.24) is 29.4 Å². The molecule has 0 fully saturated rings. The maximum Gasteiger partial charge on any atom is 0.240 e. The fraction of sp³-hybridized carbons (Fsp3) is 0.167. The minimum absolute atomic E-state index is 0.0389. The van der Waals surface area contributed by atoms with Crippen LogP contribution in [0.4, 0.5) is 14.7 Å². The molecule has 0 bridgehead atoms. The van der Waals surface area contributed by atoms with Crippen molar-refractivity contribution in [2.45, 2.75) is 26.3 Å². The van der Waals surface area contributed by atoms with Crippen LogP contribution in [0.5, 0.6) is 0 Å². The van der Waals surface area contributed by atoms with E-state index < -0.39 is 5.82 Å². The van der Waals surface area contributed by atoms with Gasteiger partial charge in [0.25, 0.3) is 0 Å². The Morgan fingerprint density at radius 3 is 2.52 bits per heavy atom. The van der Waals surface area contributed by atoms with Crippen molar-refractivity contribution < 1.29 is 8.78 Å². The number of nitrogens with two attached hydrogens (primary N) is 1. The second kappa shape index (κ2) is 8.09.